The van der Waals surface area contributed by atoms with Gasteiger partial charge in [0.1, 0.15) is 0 Å². The molecule has 3 N–H and O–H groups in total. The SMILES string of the molecule is NC(=O)NCC1CCO1. The highest BCUT2D eigenvalue weighted by atomic mass is 16.5. The molecular weight excluding hydrogens is 120 g/mol. The van der Waals surface area contributed by atoms with Crippen LogP contribution in [0, 0.1) is 0 Å². The lowest BCUT2D eigenvalue weighted by Crippen LogP contribution is -2.41. The van der Waals surface area contributed by atoms with Gasteiger partial charge in [-0.15, -0.1) is 0 Å². The Bertz CT molecular complexity index is 112. The van der Waals surface area contributed by atoms with Gasteiger partial charge in [-0.05, 0) is 6.42 Å². The largest absolute Gasteiger partial charge is 0.376 e. The molecule has 4 heteroatoms. The van der Waals surface area contributed by atoms with Crippen molar-refractivity contribution in [2.45, 2.75) is 12.5 Å². The quantitative estimate of drug-likeness (QED) is 0.526. The number of hydrogen-bond acceptors (Lipinski definition) is 2. The van der Waals surface area contributed by atoms with Crippen LogP contribution < -0.4 is 11.1 Å². The molecular formula is C5H10N2O2. The Kier molecular flexibility index (Phi) is 1.89. The molecule has 52 valence electrons. The van der Waals surface area contributed by atoms with E-state index < -0.39 is 6.03 Å². The van der Waals surface area contributed by atoms with Crippen molar-refractivity contribution in [2.75, 3.05) is 13.2 Å². The van der Waals surface area contributed by atoms with Gasteiger partial charge in [0, 0.05) is 13.2 Å². The second-order valence-electron chi connectivity index (χ2n) is 2.03. The van der Waals surface area contributed by atoms with Gasteiger partial charge >= 0.3 is 6.03 Å². The third kappa shape index (κ3) is 1.89. The molecule has 4 nitrogen and oxygen atoms in total. The zero-order valence-corrected chi connectivity index (χ0v) is 5.09. The van der Waals surface area contributed by atoms with Crippen molar-refractivity contribution in [3.8, 4) is 0 Å². The van der Waals surface area contributed by atoms with Crippen molar-refractivity contribution in [3.63, 3.8) is 0 Å². The maximum Gasteiger partial charge on any atom is 0.312 e. The van der Waals surface area contributed by atoms with Crippen LogP contribution in [0.25, 0.3) is 0 Å². The van der Waals surface area contributed by atoms with Crippen molar-refractivity contribution in [1.82, 2.24) is 5.32 Å². The monoisotopic (exact) mass is 130 g/mol. The first-order valence-electron chi connectivity index (χ1n) is 2.94. The molecule has 2 amide bonds. The molecule has 0 radical (unpaired) electrons. The number of nitrogens with one attached hydrogen (secondary N) is 1. The maximum absolute atomic E-state index is 10.1. The summed E-state index contributed by atoms with van der Waals surface area (Å²) in [6.07, 6.45) is 1.23. The predicted octanol–water partition coefficient (Wildman–Crippen LogP) is -0.556. The molecule has 0 aromatic rings. The number of hydrogen-bond donors (Lipinski definition) is 2. The van der Waals surface area contributed by atoms with Crippen molar-refractivity contribution < 1.29 is 9.53 Å². The number of primary amides is 1. The number of rotatable bonds is 2. The molecule has 1 aliphatic heterocycles. The third-order valence-corrected chi connectivity index (χ3v) is 1.30. The number of carbonyl (C=O) groups is 1. The van der Waals surface area contributed by atoms with E-state index in [1.54, 1.807) is 0 Å². The van der Waals surface area contributed by atoms with Gasteiger partial charge in [0.2, 0.25) is 0 Å². The molecule has 0 aromatic carbocycles. The summed E-state index contributed by atoms with van der Waals surface area (Å²) in [4.78, 5) is 10.1. The van der Waals surface area contributed by atoms with Gasteiger partial charge in [0.25, 0.3) is 0 Å². The molecule has 1 aliphatic rings. The van der Waals surface area contributed by atoms with Crippen LogP contribution in [-0.4, -0.2) is 25.3 Å². The minimum atomic E-state index is -0.481. The van der Waals surface area contributed by atoms with E-state index in [-0.39, 0.29) is 6.10 Å². The van der Waals surface area contributed by atoms with E-state index >= 15 is 0 Å². The maximum atomic E-state index is 10.1. The number of nitrogens with two attached hydrogens (primary N) is 1. The van der Waals surface area contributed by atoms with E-state index in [4.69, 9.17) is 10.5 Å². The van der Waals surface area contributed by atoms with Crippen molar-refractivity contribution in [1.29, 1.82) is 0 Å². The van der Waals surface area contributed by atoms with Crippen LogP contribution in [0.1, 0.15) is 6.42 Å². The first kappa shape index (κ1) is 6.35. The Morgan fingerprint density at radius 2 is 2.56 bits per heavy atom. The van der Waals surface area contributed by atoms with E-state index in [0.29, 0.717) is 6.54 Å². The van der Waals surface area contributed by atoms with Gasteiger partial charge in [0.15, 0.2) is 0 Å². The highest BCUT2D eigenvalue weighted by Gasteiger charge is 2.17. The van der Waals surface area contributed by atoms with Crippen LogP contribution in [0.2, 0.25) is 0 Å². The minimum Gasteiger partial charge on any atom is -0.376 e. The molecule has 1 heterocycles. The smallest absolute Gasteiger partial charge is 0.312 e. The van der Waals surface area contributed by atoms with E-state index in [2.05, 4.69) is 5.32 Å². The molecule has 0 bridgehead atoms. The van der Waals surface area contributed by atoms with E-state index in [1.165, 1.54) is 0 Å². The summed E-state index contributed by atoms with van der Waals surface area (Å²) in [5, 5.41) is 2.46. The van der Waals surface area contributed by atoms with E-state index in [9.17, 15) is 4.79 Å². The lowest BCUT2D eigenvalue weighted by atomic mass is 10.2. The minimum absolute atomic E-state index is 0.206. The predicted molar refractivity (Wildman–Crippen MR) is 31.9 cm³/mol. The number of ether oxygens (including phenoxy) is 1. The lowest BCUT2D eigenvalue weighted by Gasteiger charge is -2.25. The van der Waals surface area contributed by atoms with Crippen molar-refractivity contribution >= 4 is 6.03 Å². The molecule has 0 aromatic heterocycles. The summed E-state index contributed by atoms with van der Waals surface area (Å²) in [6.45, 7) is 1.36. The Hall–Kier alpha value is -0.770. The van der Waals surface area contributed by atoms with Crippen molar-refractivity contribution in [2.24, 2.45) is 5.73 Å². The molecule has 1 atom stereocenters. The van der Waals surface area contributed by atoms with Crippen LogP contribution in [0.15, 0.2) is 0 Å². The second kappa shape index (κ2) is 2.68. The summed E-state index contributed by atoms with van der Waals surface area (Å²) in [5.41, 5.74) is 4.81. The van der Waals surface area contributed by atoms with E-state index in [0.717, 1.165) is 13.0 Å². The third-order valence-electron chi connectivity index (χ3n) is 1.30. The molecule has 0 saturated carbocycles. The molecule has 0 spiro atoms. The highest BCUT2D eigenvalue weighted by molar-refractivity contribution is 5.71. The highest BCUT2D eigenvalue weighted by Crippen LogP contribution is 2.08. The Morgan fingerprint density at radius 3 is 2.89 bits per heavy atom. The van der Waals surface area contributed by atoms with Gasteiger partial charge in [-0.1, -0.05) is 0 Å². The zero-order valence-electron chi connectivity index (χ0n) is 5.09. The summed E-state index contributed by atoms with van der Waals surface area (Å²) in [7, 11) is 0. The zero-order chi connectivity index (χ0) is 6.69. The fourth-order valence-electron chi connectivity index (χ4n) is 0.660. The Labute approximate surface area is 53.4 Å². The summed E-state index contributed by atoms with van der Waals surface area (Å²) < 4.78 is 5.01. The van der Waals surface area contributed by atoms with E-state index in [1.807, 2.05) is 0 Å². The van der Waals surface area contributed by atoms with Crippen LogP contribution in [0.3, 0.4) is 0 Å². The fourth-order valence-corrected chi connectivity index (χ4v) is 0.660. The normalized spacial score (nSPS) is 24.7. The van der Waals surface area contributed by atoms with Crippen LogP contribution >= 0.6 is 0 Å². The summed E-state index contributed by atoms with van der Waals surface area (Å²) in [6, 6.07) is -0.481. The second-order valence-corrected chi connectivity index (χ2v) is 2.03. The van der Waals surface area contributed by atoms with Gasteiger partial charge in [-0.3, -0.25) is 0 Å². The standard InChI is InChI=1S/C5H10N2O2/c6-5(8)7-3-4-1-2-9-4/h4H,1-3H2,(H3,6,7,8). The Morgan fingerprint density at radius 1 is 1.89 bits per heavy atom. The number of urea groups is 1. The van der Waals surface area contributed by atoms with Crippen LogP contribution in [0.5, 0.6) is 0 Å². The number of carbonyl (C=O) groups excluding carboxylic acids is 1. The van der Waals surface area contributed by atoms with Gasteiger partial charge < -0.3 is 15.8 Å². The average Bonchev–Trinajstić information content (AvgIpc) is 1.60. The van der Waals surface area contributed by atoms with Crippen LogP contribution in [-0.2, 0) is 4.74 Å². The molecule has 0 aliphatic carbocycles. The first-order valence-corrected chi connectivity index (χ1v) is 2.94. The van der Waals surface area contributed by atoms with Crippen molar-refractivity contribution in [3.05, 3.63) is 0 Å². The molecule has 1 saturated heterocycles. The van der Waals surface area contributed by atoms with Gasteiger partial charge in [-0.2, -0.15) is 0 Å². The summed E-state index contributed by atoms with van der Waals surface area (Å²) >= 11 is 0. The van der Waals surface area contributed by atoms with Gasteiger partial charge in [-0.25, -0.2) is 4.79 Å². The lowest BCUT2D eigenvalue weighted by molar-refractivity contribution is -0.0466. The van der Waals surface area contributed by atoms with Gasteiger partial charge in [0.05, 0.1) is 6.10 Å². The fraction of sp³-hybridized carbons (Fsp3) is 0.800. The topological polar surface area (TPSA) is 64.4 Å². The molecule has 1 unspecified atom stereocenters. The molecule has 9 heavy (non-hydrogen) atoms. The molecule has 1 rings (SSSR count). The number of amides is 2. The van der Waals surface area contributed by atoms with Crippen LogP contribution in [0.4, 0.5) is 4.79 Å². The Balaban J connectivity index is 1.97. The summed E-state index contributed by atoms with van der Waals surface area (Å²) in [5.74, 6) is 0. The average molecular weight is 130 g/mol. The first-order chi connectivity index (χ1) is 4.29. The molecule has 1 fully saturated rings.